The molecule has 2 atom stereocenters. The van der Waals surface area contributed by atoms with Crippen molar-refractivity contribution in [3.63, 3.8) is 0 Å². The van der Waals surface area contributed by atoms with Crippen molar-refractivity contribution in [2.45, 2.75) is 0 Å². The molecule has 2 fully saturated rings. The zero-order valence-electron chi connectivity index (χ0n) is 11.1. The molecule has 0 amide bonds. The molecular formula is C16H16F2N2. The number of hydrogen-bond donors (Lipinski definition) is 1. The van der Waals surface area contributed by atoms with E-state index in [4.69, 9.17) is 0 Å². The quantitative estimate of drug-likeness (QED) is 0.860. The van der Waals surface area contributed by atoms with Gasteiger partial charge < -0.3 is 10.2 Å². The van der Waals surface area contributed by atoms with E-state index in [1.807, 2.05) is 4.90 Å². The van der Waals surface area contributed by atoms with Gasteiger partial charge in [-0.05, 0) is 23.3 Å². The van der Waals surface area contributed by atoms with Gasteiger partial charge in [-0.15, -0.1) is 0 Å². The molecule has 4 heteroatoms. The van der Waals surface area contributed by atoms with Gasteiger partial charge in [-0.2, -0.15) is 0 Å². The first kappa shape index (κ1) is 12.1. The van der Waals surface area contributed by atoms with E-state index in [9.17, 15) is 8.78 Å². The second-order valence-electron chi connectivity index (χ2n) is 5.83. The summed E-state index contributed by atoms with van der Waals surface area (Å²) in [7, 11) is 0. The molecule has 104 valence electrons. The van der Waals surface area contributed by atoms with Crippen LogP contribution in [0.2, 0.25) is 0 Å². The van der Waals surface area contributed by atoms with E-state index in [-0.39, 0.29) is 5.69 Å². The number of nitrogens with zero attached hydrogens (tertiary/aromatic N) is 1. The Labute approximate surface area is 116 Å². The van der Waals surface area contributed by atoms with Crippen LogP contribution in [0.15, 0.2) is 30.3 Å². The first-order chi connectivity index (χ1) is 9.74. The highest BCUT2D eigenvalue weighted by molar-refractivity contribution is 5.87. The number of nitrogens with one attached hydrogen (secondary N) is 1. The van der Waals surface area contributed by atoms with Crippen molar-refractivity contribution < 1.29 is 8.78 Å². The summed E-state index contributed by atoms with van der Waals surface area (Å²) in [5.74, 6) is 0.156. The van der Waals surface area contributed by atoms with Crippen molar-refractivity contribution in [2.24, 2.45) is 11.8 Å². The maximum absolute atomic E-state index is 14.7. The molecule has 2 unspecified atom stereocenters. The van der Waals surface area contributed by atoms with Crippen LogP contribution in [0.3, 0.4) is 0 Å². The second kappa shape index (κ2) is 4.42. The van der Waals surface area contributed by atoms with Crippen molar-refractivity contribution in [2.75, 3.05) is 31.1 Å². The average Bonchev–Trinajstić information content (AvgIpc) is 3.00. The first-order valence-electron chi connectivity index (χ1n) is 7.06. The van der Waals surface area contributed by atoms with Crippen LogP contribution in [0.5, 0.6) is 0 Å². The Bertz CT molecular complexity index is 659. The summed E-state index contributed by atoms with van der Waals surface area (Å²) >= 11 is 0. The molecule has 2 saturated heterocycles. The summed E-state index contributed by atoms with van der Waals surface area (Å²) in [5, 5.41) is 4.46. The van der Waals surface area contributed by atoms with Crippen molar-refractivity contribution in [3.8, 4) is 0 Å². The monoisotopic (exact) mass is 274 g/mol. The third-order valence-corrected chi connectivity index (χ3v) is 4.62. The summed E-state index contributed by atoms with van der Waals surface area (Å²) in [6, 6.07) is 8.49. The minimum Gasteiger partial charge on any atom is -0.366 e. The normalized spacial score (nSPS) is 25.4. The highest BCUT2D eigenvalue weighted by atomic mass is 19.1. The molecule has 2 aromatic rings. The van der Waals surface area contributed by atoms with E-state index in [0.29, 0.717) is 22.6 Å². The summed E-state index contributed by atoms with van der Waals surface area (Å²) in [6.45, 7) is 3.39. The molecule has 2 nitrogen and oxygen atoms in total. The number of benzene rings is 2. The lowest BCUT2D eigenvalue weighted by atomic mass is 10.0. The SMILES string of the molecule is Fc1cc2ccccc2c(F)c1N1CC2CNCC2C1. The van der Waals surface area contributed by atoms with Crippen LogP contribution in [0, 0.1) is 23.5 Å². The van der Waals surface area contributed by atoms with Gasteiger partial charge in [-0.25, -0.2) is 8.78 Å². The van der Waals surface area contributed by atoms with E-state index < -0.39 is 11.6 Å². The molecule has 20 heavy (non-hydrogen) atoms. The van der Waals surface area contributed by atoms with Crippen LogP contribution < -0.4 is 10.2 Å². The Kier molecular flexibility index (Phi) is 2.67. The second-order valence-corrected chi connectivity index (χ2v) is 5.83. The number of fused-ring (bicyclic) bond motifs is 2. The largest absolute Gasteiger partial charge is 0.366 e. The number of anilines is 1. The van der Waals surface area contributed by atoms with Crippen LogP contribution >= 0.6 is 0 Å². The van der Waals surface area contributed by atoms with E-state index in [0.717, 1.165) is 26.2 Å². The van der Waals surface area contributed by atoms with E-state index in [2.05, 4.69) is 5.32 Å². The lowest BCUT2D eigenvalue weighted by Crippen LogP contribution is -2.27. The highest BCUT2D eigenvalue weighted by Crippen LogP contribution is 2.36. The molecule has 0 spiro atoms. The van der Waals surface area contributed by atoms with Crippen LogP contribution in [-0.2, 0) is 0 Å². The lowest BCUT2D eigenvalue weighted by Gasteiger charge is -2.22. The van der Waals surface area contributed by atoms with Gasteiger partial charge in [0.25, 0.3) is 0 Å². The Hall–Kier alpha value is -1.68. The van der Waals surface area contributed by atoms with Crippen molar-refractivity contribution in [1.82, 2.24) is 5.32 Å². The summed E-state index contributed by atoms with van der Waals surface area (Å²) < 4.78 is 29.0. The predicted octanol–water partition coefficient (Wildman–Crippen LogP) is 2.77. The van der Waals surface area contributed by atoms with Gasteiger partial charge in [0.05, 0.1) is 0 Å². The third kappa shape index (κ3) is 1.71. The molecule has 0 aliphatic carbocycles. The molecule has 0 saturated carbocycles. The Morgan fingerprint density at radius 3 is 2.50 bits per heavy atom. The highest BCUT2D eigenvalue weighted by Gasteiger charge is 2.38. The number of rotatable bonds is 1. The molecule has 2 heterocycles. The number of halogens is 2. The fourth-order valence-corrected chi connectivity index (χ4v) is 3.59. The molecule has 0 radical (unpaired) electrons. The molecule has 0 aromatic heterocycles. The van der Waals surface area contributed by atoms with Gasteiger partial charge in [-0.1, -0.05) is 24.3 Å². The van der Waals surface area contributed by atoms with Gasteiger partial charge >= 0.3 is 0 Å². The minimum atomic E-state index is -0.450. The van der Waals surface area contributed by atoms with Crippen LogP contribution in [0.1, 0.15) is 0 Å². The molecule has 2 aliphatic rings. The molecular weight excluding hydrogens is 258 g/mol. The third-order valence-electron chi connectivity index (χ3n) is 4.62. The zero-order chi connectivity index (χ0) is 13.7. The van der Waals surface area contributed by atoms with Crippen molar-refractivity contribution >= 4 is 16.5 Å². The van der Waals surface area contributed by atoms with Gasteiger partial charge in [0.1, 0.15) is 11.5 Å². The number of hydrogen-bond acceptors (Lipinski definition) is 2. The average molecular weight is 274 g/mol. The Morgan fingerprint density at radius 1 is 1.05 bits per heavy atom. The van der Waals surface area contributed by atoms with Crippen molar-refractivity contribution in [3.05, 3.63) is 42.0 Å². The molecule has 2 aliphatic heterocycles. The molecule has 0 bridgehead atoms. The smallest absolute Gasteiger partial charge is 0.157 e. The van der Waals surface area contributed by atoms with Crippen molar-refractivity contribution in [1.29, 1.82) is 0 Å². The summed E-state index contributed by atoms with van der Waals surface area (Å²) in [5.41, 5.74) is 0.151. The first-order valence-corrected chi connectivity index (χ1v) is 7.06. The van der Waals surface area contributed by atoms with Crippen LogP contribution in [0.4, 0.5) is 14.5 Å². The predicted molar refractivity (Wildman–Crippen MR) is 75.9 cm³/mol. The van der Waals surface area contributed by atoms with Gasteiger partial charge in [0, 0.05) is 31.6 Å². The van der Waals surface area contributed by atoms with E-state index in [1.54, 1.807) is 24.3 Å². The minimum absolute atomic E-state index is 0.151. The lowest BCUT2D eigenvalue weighted by molar-refractivity contribution is 0.533. The Balaban J connectivity index is 1.80. The maximum Gasteiger partial charge on any atom is 0.157 e. The Morgan fingerprint density at radius 2 is 1.75 bits per heavy atom. The molecule has 1 N–H and O–H groups in total. The fraction of sp³-hybridized carbons (Fsp3) is 0.375. The van der Waals surface area contributed by atoms with E-state index >= 15 is 0 Å². The topological polar surface area (TPSA) is 15.3 Å². The van der Waals surface area contributed by atoms with E-state index in [1.165, 1.54) is 6.07 Å². The van der Waals surface area contributed by atoms with Crippen LogP contribution in [0.25, 0.3) is 10.8 Å². The zero-order valence-corrected chi connectivity index (χ0v) is 11.1. The van der Waals surface area contributed by atoms with Crippen LogP contribution in [-0.4, -0.2) is 26.2 Å². The van der Waals surface area contributed by atoms with Gasteiger partial charge in [0.2, 0.25) is 0 Å². The van der Waals surface area contributed by atoms with Gasteiger partial charge in [-0.3, -0.25) is 0 Å². The molecule has 4 rings (SSSR count). The molecule has 2 aromatic carbocycles. The van der Waals surface area contributed by atoms with Gasteiger partial charge in [0.15, 0.2) is 5.82 Å². The standard InChI is InChI=1S/C16H16F2N2/c17-14-5-10-3-1-2-4-13(10)15(18)16(14)20-8-11-6-19-7-12(11)9-20/h1-5,11-12,19H,6-9H2. The maximum atomic E-state index is 14.7. The fourth-order valence-electron chi connectivity index (χ4n) is 3.59. The summed E-state index contributed by atoms with van der Waals surface area (Å²) in [6.07, 6.45) is 0. The summed E-state index contributed by atoms with van der Waals surface area (Å²) in [4.78, 5) is 1.88.